The van der Waals surface area contributed by atoms with Crippen molar-refractivity contribution in [1.82, 2.24) is 4.90 Å². The largest absolute Gasteiger partial charge is 0.384 e. The van der Waals surface area contributed by atoms with E-state index < -0.39 is 9.84 Å². The van der Waals surface area contributed by atoms with Crippen LogP contribution in [0.1, 0.15) is 20.7 Å². The van der Waals surface area contributed by atoms with Crippen molar-refractivity contribution in [3.05, 3.63) is 29.3 Å². The van der Waals surface area contributed by atoms with Gasteiger partial charge >= 0.3 is 0 Å². The monoisotopic (exact) mass is 282 g/mol. The zero-order valence-corrected chi connectivity index (χ0v) is 11.5. The van der Waals surface area contributed by atoms with E-state index in [2.05, 4.69) is 5.32 Å². The Kier molecular flexibility index (Phi) is 3.32. The van der Waals surface area contributed by atoms with Gasteiger partial charge in [0.05, 0.1) is 16.9 Å². The van der Waals surface area contributed by atoms with E-state index in [1.807, 2.05) is 0 Å². The van der Waals surface area contributed by atoms with Crippen molar-refractivity contribution in [3.63, 3.8) is 0 Å². The summed E-state index contributed by atoms with van der Waals surface area (Å²) in [7, 11) is -1.59. The number of nitrogens with one attached hydrogen (secondary N) is 1. The number of amides is 2. The summed E-state index contributed by atoms with van der Waals surface area (Å²) in [5, 5.41) is 2.92. The number of carbonyl (C=O) groups excluding carboxylic acids is 2. The summed E-state index contributed by atoms with van der Waals surface area (Å²) in [4.78, 5) is 24.5. The molecule has 1 aliphatic heterocycles. The van der Waals surface area contributed by atoms with Crippen LogP contribution in [0.25, 0.3) is 0 Å². The van der Waals surface area contributed by atoms with E-state index in [0.29, 0.717) is 16.8 Å². The minimum atomic E-state index is -3.03. The van der Waals surface area contributed by atoms with Gasteiger partial charge in [-0.25, -0.2) is 8.42 Å². The predicted octanol–water partition coefficient (Wildman–Crippen LogP) is 0.369. The second-order valence-corrected chi connectivity index (χ2v) is 6.75. The first-order chi connectivity index (χ1) is 8.79. The Balaban J connectivity index is 2.15. The number of rotatable bonds is 4. The van der Waals surface area contributed by atoms with Gasteiger partial charge in [-0.2, -0.15) is 0 Å². The molecule has 1 aromatic rings. The zero-order chi connectivity index (χ0) is 14.2. The second-order valence-electron chi connectivity index (χ2n) is 4.49. The Hall–Kier alpha value is -1.89. The number of fused-ring (bicyclic) bond motifs is 1. The van der Waals surface area contributed by atoms with Crippen molar-refractivity contribution in [2.24, 2.45) is 0 Å². The maximum atomic E-state index is 11.8. The summed E-state index contributed by atoms with van der Waals surface area (Å²) >= 11 is 0. The Morgan fingerprint density at radius 3 is 2.42 bits per heavy atom. The fraction of sp³-hybridized carbons (Fsp3) is 0.333. The first-order valence-electron chi connectivity index (χ1n) is 5.67. The van der Waals surface area contributed by atoms with Gasteiger partial charge in [-0.15, -0.1) is 0 Å². The van der Waals surface area contributed by atoms with E-state index in [1.165, 1.54) is 7.05 Å². The molecule has 0 atom stereocenters. The molecule has 2 amide bonds. The molecule has 0 saturated heterocycles. The van der Waals surface area contributed by atoms with Crippen LogP contribution in [0.3, 0.4) is 0 Å². The number of imide groups is 1. The van der Waals surface area contributed by atoms with E-state index in [0.717, 1.165) is 11.2 Å². The van der Waals surface area contributed by atoms with Gasteiger partial charge in [0.1, 0.15) is 9.84 Å². The van der Waals surface area contributed by atoms with Gasteiger partial charge in [0, 0.05) is 25.5 Å². The molecule has 19 heavy (non-hydrogen) atoms. The molecule has 0 aliphatic carbocycles. The van der Waals surface area contributed by atoms with Crippen LogP contribution in [-0.2, 0) is 9.84 Å². The zero-order valence-electron chi connectivity index (χ0n) is 10.6. The lowest BCUT2D eigenvalue weighted by Gasteiger charge is -2.06. The van der Waals surface area contributed by atoms with E-state index in [1.54, 1.807) is 18.2 Å². The van der Waals surface area contributed by atoms with Crippen LogP contribution in [0.15, 0.2) is 18.2 Å². The molecule has 1 aliphatic rings. The van der Waals surface area contributed by atoms with Crippen LogP contribution in [0.2, 0.25) is 0 Å². The third kappa shape index (κ3) is 2.76. The molecule has 7 heteroatoms. The van der Waals surface area contributed by atoms with Gasteiger partial charge in [0.25, 0.3) is 11.8 Å². The van der Waals surface area contributed by atoms with Gasteiger partial charge in [-0.05, 0) is 18.2 Å². The molecule has 0 radical (unpaired) electrons. The lowest BCUT2D eigenvalue weighted by Crippen LogP contribution is -2.24. The van der Waals surface area contributed by atoms with Gasteiger partial charge < -0.3 is 5.32 Å². The number of carbonyl (C=O) groups is 2. The third-order valence-electron chi connectivity index (χ3n) is 2.89. The molecule has 0 fully saturated rings. The van der Waals surface area contributed by atoms with Crippen LogP contribution in [0, 0.1) is 0 Å². The predicted molar refractivity (Wildman–Crippen MR) is 71.1 cm³/mol. The molecular formula is C12H14N2O4S. The Bertz CT molecular complexity index is 652. The van der Waals surface area contributed by atoms with Crippen molar-refractivity contribution in [2.45, 2.75) is 0 Å². The van der Waals surface area contributed by atoms with Crippen molar-refractivity contribution in [1.29, 1.82) is 0 Å². The van der Waals surface area contributed by atoms with Gasteiger partial charge in [-0.3, -0.25) is 14.5 Å². The van der Waals surface area contributed by atoms with Crippen LogP contribution in [0.5, 0.6) is 0 Å². The minimum Gasteiger partial charge on any atom is -0.384 e. The van der Waals surface area contributed by atoms with Crippen LogP contribution < -0.4 is 5.32 Å². The molecular weight excluding hydrogens is 268 g/mol. The average molecular weight is 282 g/mol. The summed E-state index contributed by atoms with van der Waals surface area (Å²) in [5.74, 6) is -0.647. The smallest absolute Gasteiger partial charge is 0.261 e. The molecule has 0 unspecified atom stereocenters. The quantitative estimate of drug-likeness (QED) is 0.807. The molecule has 6 nitrogen and oxygen atoms in total. The highest BCUT2D eigenvalue weighted by Gasteiger charge is 2.32. The van der Waals surface area contributed by atoms with E-state index in [-0.39, 0.29) is 24.1 Å². The lowest BCUT2D eigenvalue weighted by molar-refractivity contribution is 0.0693. The summed E-state index contributed by atoms with van der Waals surface area (Å²) in [6.45, 7) is 0.260. The molecule has 0 saturated carbocycles. The summed E-state index contributed by atoms with van der Waals surface area (Å²) in [6.07, 6.45) is 1.16. The minimum absolute atomic E-state index is 0.0108. The van der Waals surface area contributed by atoms with E-state index >= 15 is 0 Å². The standard InChI is InChI=1S/C12H14N2O4S/c1-14-11(15)9-4-3-8(7-10(9)12(14)16)13-5-6-19(2,17)18/h3-4,7,13H,5-6H2,1-2H3. The number of anilines is 1. The molecule has 0 spiro atoms. The number of benzene rings is 1. The molecule has 102 valence electrons. The molecule has 1 aromatic carbocycles. The first-order valence-corrected chi connectivity index (χ1v) is 7.74. The van der Waals surface area contributed by atoms with Crippen molar-refractivity contribution >= 4 is 27.3 Å². The van der Waals surface area contributed by atoms with Crippen molar-refractivity contribution < 1.29 is 18.0 Å². The number of hydrogen-bond donors (Lipinski definition) is 1. The number of nitrogens with zero attached hydrogens (tertiary/aromatic N) is 1. The Morgan fingerprint density at radius 1 is 1.16 bits per heavy atom. The van der Waals surface area contributed by atoms with E-state index in [4.69, 9.17) is 0 Å². The van der Waals surface area contributed by atoms with Crippen molar-refractivity contribution in [2.75, 3.05) is 30.9 Å². The molecule has 2 rings (SSSR count). The second kappa shape index (κ2) is 4.65. The van der Waals surface area contributed by atoms with E-state index in [9.17, 15) is 18.0 Å². The fourth-order valence-corrected chi connectivity index (χ4v) is 2.32. The highest BCUT2D eigenvalue weighted by Crippen LogP contribution is 2.24. The maximum absolute atomic E-state index is 11.8. The number of hydrogen-bond acceptors (Lipinski definition) is 5. The third-order valence-corrected chi connectivity index (χ3v) is 3.84. The van der Waals surface area contributed by atoms with Gasteiger partial charge in [0.2, 0.25) is 0 Å². The van der Waals surface area contributed by atoms with Crippen molar-refractivity contribution in [3.8, 4) is 0 Å². The fourth-order valence-electron chi connectivity index (χ4n) is 1.85. The number of sulfone groups is 1. The Morgan fingerprint density at radius 2 is 1.79 bits per heavy atom. The SMILES string of the molecule is CN1C(=O)c2ccc(NCCS(C)(=O)=O)cc2C1=O. The summed E-state index contributed by atoms with van der Waals surface area (Å²) in [6, 6.07) is 4.80. The summed E-state index contributed by atoms with van der Waals surface area (Å²) < 4.78 is 22.0. The lowest BCUT2D eigenvalue weighted by atomic mass is 10.1. The first kappa shape index (κ1) is 13.5. The molecule has 0 bridgehead atoms. The molecule has 1 N–H and O–H groups in total. The normalized spacial score (nSPS) is 14.7. The van der Waals surface area contributed by atoms with Gasteiger partial charge in [-0.1, -0.05) is 0 Å². The van der Waals surface area contributed by atoms with Gasteiger partial charge in [0.15, 0.2) is 0 Å². The molecule has 1 heterocycles. The summed E-state index contributed by atoms with van der Waals surface area (Å²) in [5.41, 5.74) is 1.34. The highest BCUT2D eigenvalue weighted by atomic mass is 32.2. The van der Waals surface area contributed by atoms with Crippen LogP contribution in [0.4, 0.5) is 5.69 Å². The average Bonchev–Trinajstić information content (AvgIpc) is 2.53. The molecule has 0 aromatic heterocycles. The topological polar surface area (TPSA) is 83.6 Å². The highest BCUT2D eigenvalue weighted by molar-refractivity contribution is 7.90. The Labute approximate surface area is 111 Å². The maximum Gasteiger partial charge on any atom is 0.261 e. The van der Waals surface area contributed by atoms with Crippen LogP contribution >= 0.6 is 0 Å². The van der Waals surface area contributed by atoms with Crippen LogP contribution in [-0.4, -0.2) is 50.7 Å².